The second-order valence-corrected chi connectivity index (χ2v) is 6.46. The molecule has 0 aromatic carbocycles. The SMILES string of the molecule is CC(C)COc1cncc(/C=C\C2CC3CCC2N3)c1. The van der Waals surface area contributed by atoms with Crippen molar-refractivity contribution in [3.05, 3.63) is 30.1 Å². The van der Waals surface area contributed by atoms with E-state index in [4.69, 9.17) is 4.74 Å². The average Bonchev–Trinajstić information content (AvgIpc) is 3.06. The molecule has 2 fully saturated rings. The highest BCUT2D eigenvalue weighted by atomic mass is 16.5. The molecule has 0 saturated carbocycles. The first-order chi connectivity index (χ1) is 9.70. The predicted octanol–water partition coefficient (Wildman–Crippen LogP) is 3.27. The van der Waals surface area contributed by atoms with E-state index in [1.165, 1.54) is 19.3 Å². The van der Waals surface area contributed by atoms with Crippen molar-refractivity contribution in [2.24, 2.45) is 11.8 Å². The summed E-state index contributed by atoms with van der Waals surface area (Å²) in [5.74, 6) is 2.09. The summed E-state index contributed by atoms with van der Waals surface area (Å²) >= 11 is 0. The van der Waals surface area contributed by atoms with E-state index in [1.54, 1.807) is 6.20 Å². The molecule has 2 aliphatic heterocycles. The molecule has 3 atom stereocenters. The highest BCUT2D eigenvalue weighted by molar-refractivity contribution is 5.50. The fourth-order valence-corrected chi connectivity index (χ4v) is 3.18. The Bertz CT molecular complexity index is 484. The third-order valence-corrected chi connectivity index (χ3v) is 4.20. The van der Waals surface area contributed by atoms with Gasteiger partial charge in [0, 0.05) is 18.3 Å². The van der Waals surface area contributed by atoms with Gasteiger partial charge in [0.2, 0.25) is 0 Å². The molecule has 2 saturated heterocycles. The van der Waals surface area contributed by atoms with Crippen LogP contribution >= 0.6 is 0 Å². The van der Waals surface area contributed by atoms with Gasteiger partial charge in [0.1, 0.15) is 5.75 Å². The maximum Gasteiger partial charge on any atom is 0.138 e. The Morgan fingerprint density at radius 2 is 2.30 bits per heavy atom. The minimum absolute atomic E-state index is 0.536. The lowest BCUT2D eigenvalue weighted by atomic mass is 9.89. The molecule has 2 bridgehead atoms. The molecule has 20 heavy (non-hydrogen) atoms. The van der Waals surface area contributed by atoms with E-state index in [9.17, 15) is 0 Å². The van der Waals surface area contributed by atoms with Crippen molar-refractivity contribution in [3.63, 3.8) is 0 Å². The number of hydrogen-bond acceptors (Lipinski definition) is 3. The van der Waals surface area contributed by atoms with Crippen LogP contribution in [0.1, 0.15) is 38.7 Å². The van der Waals surface area contributed by atoms with Crippen LogP contribution in [0.3, 0.4) is 0 Å². The predicted molar refractivity (Wildman–Crippen MR) is 81.7 cm³/mol. The van der Waals surface area contributed by atoms with Crippen LogP contribution in [0.2, 0.25) is 0 Å². The molecule has 1 aromatic heterocycles. The Morgan fingerprint density at radius 3 is 3.00 bits per heavy atom. The van der Waals surface area contributed by atoms with Gasteiger partial charge in [-0.05, 0) is 42.7 Å². The summed E-state index contributed by atoms with van der Waals surface area (Å²) in [6.45, 7) is 5.05. The van der Waals surface area contributed by atoms with Crippen LogP contribution in [0.25, 0.3) is 6.08 Å². The Morgan fingerprint density at radius 1 is 1.40 bits per heavy atom. The first-order valence-electron chi connectivity index (χ1n) is 7.73. The molecule has 3 unspecified atom stereocenters. The van der Waals surface area contributed by atoms with Gasteiger partial charge in [0.05, 0.1) is 12.8 Å². The standard InChI is InChI=1S/C17H24N2O/c1-12(2)11-20-16-7-13(9-18-10-16)3-4-14-8-15-5-6-17(14)19-15/h3-4,7,9-10,12,14-15,17,19H,5-6,8,11H2,1-2H3/b4-3-. The van der Waals surface area contributed by atoms with E-state index in [2.05, 4.69) is 42.4 Å². The maximum atomic E-state index is 5.72. The number of ether oxygens (including phenoxy) is 1. The normalized spacial score (nSPS) is 28.6. The zero-order valence-electron chi connectivity index (χ0n) is 12.4. The average molecular weight is 272 g/mol. The molecule has 108 valence electrons. The second-order valence-electron chi connectivity index (χ2n) is 6.46. The van der Waals surface area contributed by atoms with E-state index in [-0.39, 0.29) is 0 Å². The van der Waals surface area contributed by atoms with Crippen LogP contribution in [0.5, 0.6) is 5.75 Å². The Labute approximate surface area is 121 Å². The summed E-state index contributed by atoms with van der Waals surface area (Å²) in [5.41, 5.74) is 1.13. The van der Waals surface area contributed by atoms with E-state index in [1.807, 2.05) is 6.20 Å². The van der Waals surface area contributed by atoms with Crippen molar-refractivity contribution in [3.8, 4) is 5.75 Å². The molecule has 1 N–H and O–H groups in total. The van der Waals surface area contributed by atoms with Gasteiger partial charge in [-0.2, -0.15) is 0 Å². The largest absolute Gasteiger partial charge is 0.492 e. The van der Waals surface area contributed by atoms with E-state index >= 15 is 0 Å². The van der Waals surface area contributed by atoms with Crippen molar-refractivity contribution in [1.29, 1.82) is 0 Å². The lowest BCUT2D eigenvalue weighted by Crippen LogP contribution is -2.21. The van der Waals surface area contributed by atoms with Crippen molar-refractivity contribution < 1.29 is 4.74 Å². The molecule has 0 spiro atoms. The summed E-state index contributed by atoms with van der Waals surface area (Å²) in [7, 11) is 0. The van der Waals surface area contributed by atoms with E-state index in [0.29, 0.717) is 17.9 Å². The number of hydrogen-bond donors (Lipinski definition) is 1. The van der Waals surface area contributed by atoms with Crippen LogP contribution < -0.4 is 10.1 Å². The number of fused-ring (bicyclic) bond motifs is 2. The fraction of sp³-hybridized carbons (Fsp3) is 0.588. The molecule has 3 heterocycles. The van der Waals surface area contributed by atoms with Crippen molar-refractivity contribution in [2.45, 2.75) is 45.2 Å². The number of pyridine rings is 1. The minimum atomic E-state index is 0.536. The highest BCUT2D eigenvalue weighted by Gasteiger charge is 2.37. The molecule has 0 radical (unpaired) electrons. The van der Waals surface area contributed by atoms with Gasteiger partial charge in [0.15, 0.2) is 0 Å². The summed E-state index contributed by atoms with van der Waals surface area (Å²) in [5, 5.41) is 3.67. The maximum absolute atomic E-state index is 5.72. The molecular weight excluding hydrogens is 248 g/mol. The Kier molecular flexibility index (Phi) is 4.06. The van der Waals surface area contributed by atoms with Crippen LogP contribution in [0.15, 0.2) is 24.5 Å². The molecule has 3 heteroatoms. The van der Waals surface area contributed by atoms with E-state index in [0.717, 1.165) is 24.0 Å². The van der Waals surface area contributed by atoms with Crippen LogP contribution in [-0.4, -0.2) is 23.7 Å². The zero-order chi connectivity index (χ0) is 13.9. The third-order valence-electron chi connectivity index (χ3n) is 4.20. The summed E-state index contributed by atoms with van der Waals surface area (Å²) < 4.78 is 5.72. The Hall–Kier alpha value is -1.35. The Balaban J connectivity index is 1.61. The zero-order valence-corrected chi connectivity index (χ0v) is 12.4. The topological polar surface area (TPSA) is 34.1 Å². The van der Waals surface area contributed by atoms with Crippen LogP contribution in [0.4, 0.5) is 0 Å². The number of aromatic nitrogens is 1. The smallest absolute Gasteiger partial charge is 0.138 e. The molecule has 1 aromatic rings. The summed E-state index contributed by atoms with van der Waals surface area (Å²) in [4.78, 5) is 4.26. The number of rotatable bonds is 5. The monoisotopic (exact) mass is 272 g/mol. The van der Waals surface area contributed by atoms with Crippen molar-refractivity contribution >= 4 is 6.08 Å². The van der Waals surface area contributed by atoms with E-state index < -0.39 is 0 Å². The van der Waals surface area contributed by atoms with Gasteiger partial charge < -0.3 is 10.1 Å². The van der Waals surface area contributed by atoms with Gasteiger partial charge in [-0.25, -0.2) is 0 Å². The first kappa shape index (κ1) is 13.6. The lowest BCUT2D eigenvalue weighted by Gasteiger charge is -2.15. The quantitative estimate of drug-likeness (QED) is 0.893. The van der Waals surface area contributed by atoms with Gasteiger partial charge in [-0.1, -0.05) is 26.0 Å². The van der Waals surface area contributed by atoms with Gasteiger partial charge in [0.25, 0.3) is 0 Å². The lowest BCUT2D eigenvalue weighted by molar-refractivity contribution is 0.270. The fourth-order valence-electron chi connectivity index (χ4n) is 3.18. The minimum Gasteiger partial charge on any atom is -0.492 e. The molecule has 2 aliphatic rings. The molecule has 3 rings (SSSR count). The van der Waals surface area contributed by atoms with Gasteiger partial charge in [-0.3, -0.25) is 4.98 Å². The molecule has 0 aliphatic carbocycles. The number of nitrogens with one attached hydrogen (secondary N) is 1. The van der Waals surface area contributed by atoms with Gasteiger partial charge in [-0.15, -0.1) is 0 Å². The molecular formula is C17H24N2O. The second kappa shape index (κ2) is 5.96. The summed E-state index contributed by atoms with van der Waals surface area (Å²) in [6, 6.07) is 3.53. The van der Waals surface area contributed by atoms with Crippen LogP contribution in [-0.2, 0) is 0 Å². The molecule has 3 nitrogen and oxygen atoms in total. The van der Waals surface area contributed by atoms with Crippen molar-refractivity contribution in [2.75, 3.05) is 6.61 Å². The third kappa shape index (κ3) is 3.21. The van der Waals surface area contributed by atoms with Crippen molar-refractivity contribution in [1.82, 2.24) is 10.3 Å². The number of nitrogens with zero attached hydrogens (tertiary/aromatic N) is 1. The highest BCUT2D eigenvalue weighted by Crippen LogP contribution is 2.34. The molecule has 0 amide bonds. The first-order valence-corrected chi connectivity index (χ1v) is 7.73. The summed E-state index contributed by atoms with van der Waals surface area (Å²) in [6.07, 6.45) is 12.2. The van der Waals surface area contributed by atoms with Crippen LogP contribution in [0, 0.1) is 11.8 Å². The van der Waals surface area contributed by atoms with Gasteiger partial charge >= 0.3 is 0 Å².